The number of para-hydroxylation sites is 1. The van der Waals surface area contributed by atoms with Crippen molar-refractivity contribution in [1.29, 1.82) is 0 Å². The zero-order chi connectivity index (χ0) is 12.1. The SMILES string of the molecule is Cc1ccccc1N(C)C(C)CNC(C)C. The molecule has 0 aliphatic rings. The van der Waals surface area contributed by atoms with E-state index in [-0.39, 0.29) is 0 Å². The number of hydrogen-bond donors (Lipinski definition) is 1. The number of rotatable bonds is 5. The molecule has 0 aromatic heterocycles. The zero-order valence-corrected chi connectivity index (χ0v) is 11.1. The topological polar surface area (TPSA) is 15.3 Å². The molecule has 16 heavy (non-hydrogen) atoms. The average molecular weight is 220 g/mol. The Morgan fingerprint density at radius 2 is 1.81 bits per heavy atom. The first-order chi connectivity index (χ1) is 7.52. The van der Waals surface area contributed by atoms with Gasteiger partial charge in [-0.3, -0.25) is 0 Å². The molecule has 1 unspecified atom stereocenters. The number of nitrogens with zero attached hydrogens (tertiary/aromatic N) is 1. The minimum absolute atomic E-state index is 0.503. The van der Waals surface area contributed by atoms with Crippen LogP contribution in [0.5, 0.6) is 0 Å². The van der Waals surface area contributed by atoms with Crippen LogP contribution in [0.4, 0.5) is 5.69 Å². The van der Waals surface area contributed by atoms with Crippen molar-refractivity contribution in [2.75, 3.05) is 18.5 Å². The molecule has 1 atom stereocenters. The number of aryl methyl sites for hydroxylation is 1. The Bertz CT molecular complexity index is 320. The molecule has 0 saturated carbocycles. The lowest BCUT2D eigenvalue weighted by Gasteiger charge is -2.29. The molecule has 1 rings (SSSR count). The van der Waals surface area contributed by atoms with Gasteiger partial charge in [0.2, 0.25) is 0 Å². The summed E-state index contributed by atoms with van der Waals surface area (Å²) in [6, 6.07) is 9.58. The van der Waals surface area contributed by atoms with Crippen molar-refractivity contribution in [3.8, 4) is 0 Å². The van der Waals surface area contributed by atoms with Crippen molar-refractivity contribution >= 4 is 5.69 Å². The first-order valence-electron chi connectivity index (χ1n) is 6.04. The molecule has 0 radical (unpaired) electrons. The van der Waals surface area contributed by atoms with E-state index in [0.717, 1.165) is 6.54 Å². The molecule has 90 valence electrons. The Kier molecular flexibility index (Phi) is 4.81. The van der Waals surface area contributed by atoms with Crippen LogP contribution in [0.2, 0.25) is 0 Å². The maximum Gasteiger partial charge on any atom is 0.0396 e. The third-order valence-electron chi connectivity index (χ3n) is 2.98. The van der Waals surface area contributed by atoms with Gasteiger partial charge in [0.1, 0.15) is 0 Å². The fourth-order valence-corrected chi connectivity index (χ4v) is 1.74. The van der Waals surface area contributed by atoms with Crippen molar-refractivity contribution in [3.63, 3.8) is 0 Å². The minimum Gasteiger partial charge on any atom is -0.370 e. The van der Waals surface area contributed by atoms with Crippen LogP contribution < -0.4 is 10.2 Å². The molecule has 2 heteroatoms. The highest BCUT2D eigenvalue weighted by molar-refractivity contribution is 5.52. The molecule has 2 nitrogen and oxygen atoms in total. The predicted octanol–water partition coefficient (Wildman–Crippen LogP) is 2.82. The Morgan fingerprint density at radius 1 is 1.19 bits per heavy atom. The summed E-state index contributed by atoms with van der Waals surface area (Å²) < 4.78 is 0. The van der Waals surface area contributed by atoms with Gasteiger partial charge in [-0.1, -0.05) is 32.0 Å². The number of nitrogens with one attached hydrogen (secondary N) is 1. The van der Waals surface area contributed by atoms with Crippen LogP contribution in [0.15, 0.2) is 24.3 Å². The maximum absolute atomic E-state index is 3.47. The Morgan fingerprint density at radius 3 is 2.38 bits per heavy atom. The fourth-order valence-electron chi connectivity index (χ4n) is 1.74. The van der Waals surface area contributed by atoms with Crippen LogP contribution in [0.1, 0.15) is 26.3 Å². The third-order valence-corrected chi connectivity index (χ3v) is 2.98. The molecule has 0 fully saturated rings. The van der Waals surface area contributed by atoms with E-state index < -0.39 is 0 Å². The summed E-state index contributed by atoms with van der Waals surface area (Å²) in [6.07, 6.45) is 0. The molecular formula is C14H24N2. The van der Waals surface area contributed by atoms with Crippen LogP contribution in [-0.2, 0) is 0 Å². The lowest BCUT2D eigenvalue weighted by Crippen LogP contribution is -2.40. The summed E-state index contributed by atoms with van der Waals surface area (Å²) in [6.45, 7) is 9.79. The summed E-state index contributed by atoms with van der Waals surface area (Å²) >= 11 is 0. The van der Waals surface area contributed by atoms with Crippen molar-refractivity contribution in [2.45, 2.75) is 39.8 Å². The van der Waals surface area contributed by atoms with E-state index in [1.54, 1.807) is 0 Å². The number of hydrogen-bond acceptors (Lipinski definition) is 2. The van der Waals surface area contributed by atoms with Crippen LogP contribution in [-0.4, -0.2) is 25.7 Å². The monoisotopic (exact) mass is 220 g/mol. The van der Waals surface area contributed by atoms with E-state index in [0.29, 0.717) is 12.1 Å². The minimum atomic E-state index is 0.503. The first kappa shape index (κ1) is 13.0. The standard InChI is InChI=1S/C14H24N2/c1-11(2)15-10-13(4)16(5)14-9-7-6-8-12(14)3/h6-9,11,13,15H,10H2,1-5H3. The van der Waals surface area contributed by atoms with Gasteiger partial charge in [-0.25, -0.2) is 0 Å². The molecule has 0 heterocycles. The molecule has 0 bridgehead atoms. The number of anilines is 1. The number of benzene rings is 1. The summed E-state index contributed by atoms with van der Waals surface area (Å²) in [5.74, 6) is 0. The Hall–Kier alpha value is -1.02. The van der Waals surface area contributed by atoms with Gasteiger partial charge in [-0.05, 0) is 25.5 Å². The van der Waals surface area contributed by atoms with E-state index >= 15 is 0 Å². The largest absolute Gasteiger partial charge is 0.370 e. The summed E-state index contributed by atoms with van der Waals surface area (Å²) in [4.78, 5) is 2.34. The first-order valence-corrected chi connectivity index (χ1v) is 6.04. The van der Waals surface area contributed by atoms with Gasteiger partial charge in [0, 0.05) is 31.4 Å². The average Bonchev–Trinajstić information content (AvgIpc) is 2.25. The third kappa shape index (κ3) is 3.53. The van der Waals surface area contributed by atoms with E-state index in [2.05, 4.69) is 69.2 Å². The summed E-state index contributed by atoms with van der Waals surface area (Å²) in [5, 5.41) is 3.47. The zero-order valence-electron chi connectivity index (χ0n) is 11.1. The second kappa shape index (κ2) is 5.90. The molecule has 0 aliphatic heterocycles. The van der Waals surface area contributed by atoms with Crippen LogP contribution in [0.3, 0.4) is 0 Å². The van der Waals surface area contributed by atoms with Gasteiger partial charge in [0.05, 0.1) is 0 Å². The second-order valence-corrected chi connectivity index (χ2v) is 4.81. The second-order valence-electron chi connectivity index (χ2n) is 4.81. The van der Waals surface area contributed by atoms with Crippen molar-refractivity contribution < 1.29 is 0 Å². The highest BCUT2D eigenvalue weighted by Gasteiger charge is 2.11. The lowest BCUT2D eigenvalue weighted by atomic mass is 10.1. The van der Waals surface area contributed by atoms with Crippen LogP contribution in [0, 0.1) is 6.92 Å². The molecule has 0 amide bonds. The predicted molar refractivity (Wildman–Crippen MR) is 72.2 cm³/mol. The van der Waals surface area contributed by atoms with Crippen molar-refractivity contribution in [1.82, 2.24) is 5.32 Å². The molecule has 1 N–H and O–H groups in total. The quantitative estimate of drug-likeness (QED) is 0.821. The van der Waals surface area contributed by atoms with Crippen LogP contribution >= 0.6 is 0 Å². The Balaban J connectivity index is 2.63. The van der Waals surface area contributed by atoms with E-state index in [1.165, 1.54) is 11.3 Å². The van der Waals surface area contributed by atoms with Gasteiger partial charge in [-0.2, -0.15) is 0 Å². The molecule has 1 aromatic rings. The highest BCUT2D eigenvalue weighted by atomic mass is 15.2. The summed E-state index contributed by atoms with van der Waals surface area (Å²) in [7, 11) is 2.16. The van der Waals surface area contributed by atoms with Gasteiger partial charge in [0.15, 0.2) is 0 Å². The smallest absolute Gasteiger partial charge is 0.0396 e. The van der Waals surface area contributed by atoms with Gasteiger partial charge in [0.25, 0.3) is 0 Å². The van der Waals surface area contributed by atoms with Crippen molar-refractivity contribution in [3.05, 3.63) is 29.8 Å². The molecule has 0 spiro atoms. The van der Waals surface area contributed by atoms with E-state index in [4.69, 9.17) is 0 Å². The molecular weight excluding hydrogens is 196 g/mol. The Labute approximate surface area is 99.7 Å². The molecule has 0 saturated heterocycles. The molecule has 1 aromatic carbocycles. The van der Waals surface area contributed by atoms with E-state index in [9.17, 15) is 0 Å². The van der Waals surface area contributed by atoms with Gasteiger partial charge >= 0.3 is 0 Å². The lowest BCUT2D eigenvalue weighted by molar-refractivity contribution is 0.531. The van der Waals surface area contributed by atoms with E-state index in [1.807, 2.05) is 0 Å². The van der Waals surface area contributed by atoms with Gasteiger partial charge in [-0.15, -0.1) is 0 Å². The molecule has 0 aliphatic carbocycles. The maximum atomic E-state index is 3.47. The summed E-state index contributed by atoms with van der Waals surface area (Å²) in [5.41, 5.74) is 2.65. The van der Waals surface area contributed by atoms with Gasteiger partial charge < -0.3 is 10.2 Å². The highest BCUT2D eigenvalue weighted by Crippen LogP contribution is 2.19. The van der Waals surface area contributed by atoms with Crippen molar-refractivity contribution in [2.24, 2.45) is 0 Å². The fraction of sp³-hybridized carbons (Fsp3) is 0.571. The normalized spacial score (nSPS) is 12.9. The number of likely N-dealkylation sites (N-methyl/N-ethyl adjacent to an activating group) is 1. The van der Waals surface area contributed by atoms with Crippen LogP contribution in [0.25, 0.3) is 0 Å².